The van der Waals surface area contributed by atoms with Gasteiger partial charge in [0.1, 0.15) is 0 Å². The van der Waals surface area contributed by atoms with Gasteiger partial charge in [0.05, 0.1) is 0 Å². The molecule has 2 aliphatic rings. The Balaban J connectivity index is 1.69. The van der Waals surface area contributed by atoms with Crippen LogP contribution in [0.15, 0.2) is 4.42 Å². The molecule has 0 radical (unpaired) electrons. The van der Waals surface area contributed by atoms with Crippen LogP contribution in [0.5, 0.6) is 0 Å². The first-order valence-electron chi connectivity index (χ1n) is 5.17. The van der Waals surface area contributed by atoms with Crippen LogP contribution in [-0.4, -0.2) is 23.3 Å². The molecule has 1 saturated carbocycles. The molecule has 0 aromatic carbocycles. The molecule has 5 nitrogen and oxygen atoms in total. The first-order valence-corrected chi connectivity index (χ1v) is 5.17. The summed E-state index contributed by atoms with van der Waals surface area (Å²) in [6.07, 6.45) is 4.07. The van der Waals surface area contributed by atoms with Crippen molar-refractivity contribution in [3.05, 3.63) is 0 Å². The Labute approximate surface area is 82.3 Å². The highest BCUT2D eigenvalue weighted by atomic mass is 16.4. The molecule has 1 aromatic rings. The van der Waals surface area contributed by atoms with E-state index >= 15 is 0 Å². The third kappa shape index (κ3) is 1.32. The van der Waals surface area contributed by atoms with Crippen molar-refractivity contribution in [2.75, 3.05) is 23.7 Å². The van der Waals surface area contributed by atoms with Crippen molar-refractivity contribution in [1.82, 2.24) is 10.2 Å². The van der Waals surface area contributed by atoms with Crippen LogP contribution in [0.1, 0.15) is 19.3 Å². The van der Waals surface area contributed by atoms with Gasteiger partial charge in [0.25, 0.3) is 0 Å². The molecule has 76 valence electrons. The van der Waals surface area contributed by atoms with Crippen LogP contribution in [0.4, 0.5) is 12.0 Å². The SMILES string of the molecule is Nc1nnc(N2CCC(C3CC3)C2)o1. The maximum absolute atomic E-state index is 5.39. The maximum atomic E-state index is 5.39. The fourth-order valence-corrected chi connectivity index (χ4v) is 2.27. The van der Waals surface area contributed by atoms with Crippen molar-refractivity contribution in [3.63, 3.8) is 0 Å². The molecule has 3 rings (SSSR count). The molecule has 1 aliphatic heterocycles. The van der Waals surface area contributed by atoms with Crippen LogP contribution in [0.3, 0.4) is 0 Å². The summed E-state index contributed by atoms with van der Waals surface area (Å²) in [5.41, 5.74) is 5.39. The fourth-order valence-electron chi connectivity index (χ4n) is 2.27. The van der Waals surface area contributed by atoms with E-state index in [1.54, 1.807) is 0 Å². The van der Waals surface area contributed by atoms with Crippen molar-refractivity contribution in [3.8, 4) is 0 Å². The van der Waals surface area contributed by atoms with Crippen LogP contribution < -0.4 is 10.6 Å². The minimum atomic E-state index is 0.162. The second-order valence-corrected chi connectivity index (χ2v) is 4.26. The average molecular weight is 194 g/mol. The lowest BCUT2D eigenvalue weighted by atomic mass is 10.0. The predicted octanol–water partition coefficient (Wildman–Crippen LogP) is 0.888. The number of anilines is 2. The highest BCUT2D eigenvalue weighted by Crippen LogP contribution is 2.41. The van der Waals surface area contributed by atoms with Crippen LogP contribution >= 0.6 is 0 Å². The average Bonchev–Trinajstić information content (AvgIpc) is 2.76. The van der Waals surface area contributed by atoms with Crippen molar-refractivity contribution >= 4 is 12.0 Å². The molecule has 0 spiro atoms. The molecule has 0 amide bonds. The molecule has 14 heavy (non-hydrogen) atoms. The Morgan fingerprint density at radius 3 is 2.71 bits per heavy atom. The third-order valence-electron chi connectivity index (χ3n) is 3.21. The van der Waals surface area contributed by atoms with E-state index in [1.807, 2.05) is 0 Å². The summed E-state index contributed by atoms with van der Waals surface area (Å²) in [5, 5.41) is 7.56. The standard InChI is InChI=1S/C9H14N4O/c10-8-11-12-9(14-8)13-4-3-7(5-13)6-1-2-6/h6-7H,1-5H2,(H2,10,11). The summed E-state index contributed by atoms with van der Waals surface area (Å²) in [4.78, 5) is 2.15. The van der Waals surface area contributed by atoms with E-state index in [0.717, 1.165) is 24.9 Å². The summed E-state index contributed by atoms with van der Waals surface area (Å²) >= 11 is 0. The monoisotopic (exact) mass is 194 g/mol. The number of aromatic nitrogens is 2. The molecule has 1 saturated heterocycles. The lowest BCUT2D eigenvalue weighted by molar-refractivity contribution is 0.506. The molecule has 1 aromatic heterocycles. The smallest absolute Gasteiger partial charge is 0.319 e. The molecule has 2 N–H and O–H groups in total. The molecule has 2 heterocycles. The van der Waals surface area contributed by atoms with Crippen molar-refractivity contribution in [2.45, 2.75) is 19.3 Å². The van der Waals surface area contributed by atoms with Crippen LogP contribution in [0, 0.1) is 11.8 Å². The van der Waals surface area contributed by atoms with Gasteiger partial charge in [-0.1, -0.05) is 10.2 Å². The van der Waals surface area contributed by atoms with Gasteiger partial charge in [-0.15, -0.1) is 0 Å². The number of nitrogen functional groups attached to an aromatic ring is 1. The van der Waals surface area contributed by atoms with E-state index in [0.29, 0.717) is 6.01 Å². The molecule has 5 heteroatoms. The van der Waals surface area contributed by atoms with Gasteiger partial charge in [-0.3, -0.25) is 0 Å². The summed E-state index contributed by atoms with van der Waals surface area (Å²) < 4.78 is 5.20. The molecular weight excluding hydrogens is 180 g/mol. The molecule has 0 bridgehead atoms. The molecule has 1 atom stereocenters. The highest BCUT2D eigenvalue weighted by molar-refractivity contribution is 5.29. The zero-order valence-corrected chi connectivity index (χ0v) is 8.02. The maximum Gasteiger partial charge on any atom is 0.319 e. The summed E-state index contributed by atoms with van der Waals surface area (Å²) in [6, 6.07) is 0.750. The Morgan fingerprint density at radius 1 is 1.21 bits per heavy atom. The number of nitrogens with zero attached hydrogens (tertiary/aromatic N) is 3. The minimum Gasteiger partial charge on any atom is -0.390 e. The van der Waals surface area contributed by atoms with Crippen molar-refractivity contribution in [1.29, 1.82) is 0 Å². The van der Waals surface area contributed by atoms with Gasteiger partial charge in [-0.05, 0) is 31.1 Å². The lowest BCUT2D eigenvalue weighted by Crippen LogP contribution is -2.20. The predicted molar refractivity (Wildman–Crippen MR) is 51.8 cm³/mol. The van der Waals surface area contributed by atoms with Gasteiger partial charge < -0.3 is 15.1 Å². The number of hydrogen-bond acceptors (Lipinski definition) is 5. The second kappa shape index (κ2) is 2.87. The zero-order chi connectivity index (χ0) is 9.54. The minimum absolute atomic E-state index is 0.162. The Bertz CT molecular complexity index is 333. The van der Waals surface area contributed by atoms with E-state index in [2.05, 4.69) is 15.1 Å². The van der Waals surface area contributed by atoms with Gasteiger partial charge in [-0.2, -0.15) is 0 Å². The van der Waals surface area contributed by atoms with E-state index < -0.39 is 0 Å². The van der Waals surface area contributed by atoms with E-state index in [-0.39, 0.29) is 6.01 Å². The number of hydrogen-bond donors (Lipinski definition) is 1. The molecule has 1 aliphatic carbocycles. The fraction of sp³-hybridized carbons (Fsp3) is 0.778. The number of nitrogens with two attached hydrogens (primary N) is 1. The third-order valence-corrected chi connectivity index (χ3v) is 3.21. The van der Waals surface area contributed by atoms with E-state index in [4.69, 9.17) is 10.2 Å². The second-order valence-electron chi connectivity index (χ2n) is 4.26. The lowest BCUT2D eigenvalue weighted by Gasteiger charge is -2.12. The highest BCUT2D eigenvalue weighted by Gasteiger charge is 2.37. The van der Waals surface area contributed by atoms with Crippen LogP contribution in [-0.2, 0) is 0 Å². The Hall–Kier alpha value is -1.26. The van der Waals surface area contributed by atoms with E-state index in [1.165, 1.54) is 19.3 Å². The topological polar surface area (TPSA) is 68.2 Å². The van der Waals surface area contributed by atoms with Crippen molar-refractivity contribution in [2.24, 2.45) is 11.8 Å². The number of rotatable bonds is 2. The Morgan fingerprint density at radius 2 is 2.07 bits per heavy atom. The first-order chi connectivity index (χ1) is 6.83. The van der Waals surface area contributed by atoms with Crippen molar-refractivity contribution < 1.29 is 4.42 Å². The summed E-state index contributed by atoms with van der Waals surface area (Å²) in [7, 11) is 0. The quantitative estimate of drug-likeness (QED) is 0.757. The normalized spacial score (nSPS) is 27.1. The van der Waals surface area contributed by atoms with Gasteiger partial charge in [0.15, 0.2) is 0 Å². The largest absolute Gasteiger partial charge is 0.390 e. The zero-order valence-electron chi connectivity index (χ0n) is 8.02. The molecular formula is C9H14N4O. The molecule has 1 unspecified atom stereocenters. The van der Waals surface area contributed by atoms with Gasteiger partial charge in [0, 0.05) is 13.1 Å². The van der Waals surface area contributed by atoms with Gasteiger partial charge in [0.2, 0.25) is 0 Å². The van der Waals surface area contributed by atoms with Gasteiger partial charge >= 0.3 is 12.0 Å². The van der Waals surface area contributed by atoms with Crippen LogP contribution in [0.2, 0.25) is 0 Å². The summed E-state index contributed by atoms with van der Waals surface area (Å²) in [5.74, 6) is 1.79. The first kappa shape index (κ1) is 8.08. The van der Waals surface area contributed by atoms with Crippen LogP contribution in [0.25, 0.3) is 0 Å². The van der Waals surface area contributed by atoms with E-state index in [9.17, 15) is 0 Å². The summed E-state index contributed by atoms with van der Waals surface area (Å²) in [6.45, 7) is 2.09. The Kier molecular flexibility index (Phi) is 1.65. The van der Waals surface area contributed by atoms with Gasteiger partial charge in [-0.25, -0.2) is 0 Å². The molecule has 2 fully saturated rings.